The number of nitrogens with zero attached hydrogens (tertiary/aromatic N) is 6. The molecule has 0 bridgehead atoms. The molecule has 0 saturated carbocycles. The third-order valence-electron chi connectivity index (χ3n) is 8.31. The molecule has 6 rings (SSSR count). The standard InChI is InChI=1S/C28H27F6N7O/c29-16-2-3-21(28(32,33)34)19(10-16)23-22(31)24-20(12-37-23)25(40-9-7-36-18(14-40)4-6-35)39-26(38-24)42-15-27-5-1-8-41(27)13-17(30)11-27/h2-3,10,12,17-18,36H,1,4-5,7-9,11,13-15H2/t17?,18?,27-/m0/s1. The van der Waals surface area contributed by atoms with E-state index < -0.39 is 46.3 Å². The normalized spacial score (nSPS) is 24.6. The van der Waals surface area contributed by atoms with Crippen LogP contribution in [0.1, 0.15) is 31.2 Å². The molecule has 0 amide bonds. The zero-order valence-corrected chi connectivity index (χ0v) is 22.4. The lowest BCUT2D eigenvalue weighted by atomic mass is 9.95. The summed E-state index contributed by atoms with van der Waals surface area (Å²) in [4.78, 5) is 16.6. The van der Waals surface area contributed by atoms with E-state index in [-0.39, 0.29) is 48.2 Å². The molecule has 3 aliphatic rings. The molecule has 42 heavy (non-hydrogen) atoms. The number of piperazine rings is 1. The second kappa shape index (κ2) is 10.9. The van der Waals surface area contributed by atoms with E-state index >= 15 is 4.39 Å². The number of hydrogen-bond donors (Lipinski definition) is 1. The highest BCUT2D eigenvalue weighted by Crippen LogP contribution is 2.42. The molecule has 3 atom stereocenters. The maximum Gasteiger partial charge on any atom is 0.417 e. The van der Waals surface area contributed by atoms with Crippen molar-refractivity contribution >= 4 is 16.7 Å². The summed E-state index contributed by atoms with van der Waals surface area (Å²) in [5.74, 6) is -1.94. The molecule has 0 aliphatic carbocycles. The van der Waals surface area contributed by atoms with Crippen LogP contribution >= 0.6 is 0 Å². The summed E-state index contributed by atoms with van der Waals surface area (Å²) in [6.45, 7) is 2.35. The van der Waals surface area contributed by atoms with E-state index in [1.807, 2.05) is 9.80 Å². The van der Waals surface area contributed by atoms with Crippen LogP contribution in [-0.4, -0.2) is 76.9 Å². The number of nitriles is 1. The molecule has 2 aromatic heterocycles. The number of halogens is 6. The summed E-state index contributed by atoms with van der Waals surface area (Å²) >= 11 is 0. The second-order valence-electron chi connectivity index (χ2n) is 11.0. The summed E-state index contributed by atoms with van der Waals surface area (Å²) in [5.41, 5.74) is -3.62. The van der Waals surface area contributed by atoms with Crippen molar-refractivity contribution in [3.63, 3.8) is 0 Å². The first kappa shape index (κ1) is 28.4. The summed E-state index contributed by atoms with van der Waals surface area (Å²) < 4.78 is 91.9. The zero-order chi connectivity index (χ0) is 29.6. The Kier molecular flexibility index (Phi) is 7.34. The maximum absolute atomic E-state index is 16.2. The summed E-state index contributed by atoms with van der Waals surface area (Å²) in [5, 5.41) is 12.5. The van der Waals surface area contributed by atoms with Crippen LogP contribution in [-0.2, 0) is 6.18 Å². The van der Waals surface area contributed by atoms with Crippen molar-refractivity contribution in [2.75, 3.05) is 44.2 Å². The monoisotopic (exact) mass is 591 g/mol. The molecule has 222 valence electrons. The number of anilines is 1. The minimum absolute atomic E-state index is 0.0542. The Bertz CT molecular complexity index is 1550. The number of ether oxygens (including phenoxy) is 1. The van der Waals surface area contributed by atoms with Crippen LogP contribution in [0.5, 0.6) is 6.01 Å². The summed E-state index contributed by atoms with van der Waals surface area (Å²) in [7, 11) is 0. The smallest absolute Gasteiger partial charge is 0.417 e. The van der Waals surface area contributed by atoms with Crippen LogP contribution in [0.25, 0.3) is 22.2 Å². The SMILES string of the molecule is N#CCC1CN(c2nc(OC[C@@]34CCCN3CC(F)C4)nc3c(F)c(-c4cc(F)ccc4C(F)(F)F)ncc23)CCN1. The number of nitrogens with one attached hydrogen (secondary N) is 1. The third-order valence-corrected chi connectivity index (χ3v) is 8.31. The lowest BCUT2D eigenvalue weighted by Gasteiger charge is -2.34. The largest absolute Gasteiger partial charge is 0.461 e. The van der Waals surface area contributed by atoms with Crippen molar-refractivity contribution in [1.82, 2.24) is 25.2 Å². The van der Waals surface area contributed by atoms with Crippen molar-refractivity contribution in [3.05, 3.63) is 41.6 Å². The van der Waals surface area contributed by atoms with E-state index in [1.165, 1.54) is 6.20 Å². The van der Waals surface area contributed by atoms with Gasteiger partial charge in [0, 0.05) is 50.4 Å². The Morgan fingerprint density at radius 3 is 2.79 bits per heavy atom. The average molecular weight is 592 g/mol. The molecule has 3 fully saturated rings. The second-order valence-corrected chi connectivity index (χ2v) is 11.0. The van der Waals surface area contributed by atoms with E-state index in [9.17, 15) is 27.2 Å². The Balaban J connectivity index is 1.45. The predicted molar refractivity (Wildman–Crippen MR) is 140 cm³/mol. The van der Waals surface area contributed by atoms with Gasteiger partial charge in [-0.3, -0.25) is 9.88 Å². The number of aromatic nitrogens is 3. The fourth-order valence-corrected chi connectivity index (χ4v) is 6.39. The Labute approximate surface area is 237 Å². The third kappa shape index (κ3) is 5.20. The summed E-state index contributed by atoms with van der Waals surface area (Å²) in [6, 6.07) is 3.46. The lowest BCUT2D eigenvalue weighted by molar-refractivity contribution is -0.137. The topological polar surface area (TPSA) is 90.2 Å². The van der Waals surface area contributed by atoms with Gasteiger partial charge in [0.1, 0.15) is 35.6 Å². The van der Waals surface area contributed by atoms with Gasteiger partial charge < -0.3 is 15.0 Å². The number of fused-ring (bicyclic) bond motifs is 2. The average Bonchev–Trinajstić information content (AvgIpc) is 3.47. The minimum atomic E-state index is -4.89. The molecule has 2 unspecified atom stereocenters. The minimum Gasteiger partial charge on any atom is -0.461 e. The van der Waals surface area contributed by atoms with Gasteiger partial charge in [0.2, 0.25) is 0 Å². The number of hydrogen-bond acceptors (Lipinski definition) is 8. The van der Waals surface area contributed by atoms with Gasteiger partial charge in [-0.15, -0.1) is 0 Å². The quantitative estimate of drug-likeness (QED) is 0.415. The Morgan fingerprint density at radius 2 is 2.00 bits per heavy atom. The van der Waals surface area contributed by atoms with Gasteiger partial charge in [-0.05, 0) is 37.6 Å². The molecule has 1 N–H and O–H groups in total. The van der Waals surface area contributed by atoms with Crippen molar-refractivity contribution in [2.24, 2.45) is 0 Å². The molecule has 0 spiro atoms. The van der Waals surface area contributed by atoms with Crippen LogP contribution < -0.4 is 15.0 Å². The molecule has 14 heteroatoms. The van der Waals surface area contributed by atoms with E-state index in [2.05, 4.69) is 26.3 Å². The van der Waals surface area contributed by atoms with Crippen LogP contribution in [0.2, 0.25) is 0 Å². The number of rotatable bonds is 6. The highest BCUT2D eigenvalue weighted by molar-refractivity contribution is 5.92. The first-order chi connectivity index (χ1) is 20.1. The van der Waals surface area contributed by atoms with Crippen molar-refractivity contribution in [2.45, 2.75) is 49.6 Å². The number of pyridine rings is 1. The van der Waals surface area contributed by atoms with Crippen molar-refractivity contribution in [1.29, 1.82) is 5.26 Å². The Hall–Kier alpha value is -3.70. The van der Waals surface area contributed by atoms with Gasteiger partial charge >= 0.3 is 12.2 Å². The van der Waals surface area contributed by atoms with Crippen LogP contribution in [0.4, 0.5) is 32.2 Å². The predicted octanol–water partition coefficient (Wildman–Crippen LogP) is 4.64. The first-order valence-electron chi connectivity index (χ1n) is 13.7. The van der Waals surface area contributed by atoms with Gasteiger partial charge in [0.05, 0.1) is 29.0 Å². The van der Waals surface area contributed by atoms with E-state index in [4.69, 9.17) is 4.74 Å². The van der Waals surface area contributed by atoms with Crippen molar-refractivity contribution < 1.29 is 31.1 Å². The summed E-state index contributed by atoms with van der Waals surface area (Å²) in [6.07, 6.45) is -2.65. The highest BCUT2D eigenvalue weighted by Gasteiger charge is 2.49. The van der Waals surface area contributed by atoms with E-state index in [1.54, 1.807) is 0 Å². The molecule has 3 aromatic rings. The number of benzene rings is 1. The molecule has 3 aliphatic heterocycles. The molecule has 3 saturated heterocycles. The van der Waals surface area contributed by atoms with Crippen LogP contribution in [0.15, 0.2) is 24.4 Å². The first-order valence-corrected chi connectivity index (χ1v) is 13.7. The fraction of sp³-hybridized carbons (Fsp3) is 0.500. The van der Waals surface area contributed by atoms with E-state index in [0.29, 0.717) is 50.8 Å². The van der Waals surface area contributed by atoms with E-state index in [0.717, 1.165) is 13.0 Å². The highest BCUT2D eigenvalue weighted by atomic mass is 19.4. The molecule has 1 aromatic carbocycles. The Morgan fingerprint density at radius 1 is 1.17 bits per heavy atom. The van der Waals surface area contributed by atoms with Crippen LogP contribution in [0.3, 0.4) is 0 Å². The molecular formula is C28H27F6N7O. The molecule has 0 radical (unpaired) electrons. The van der Waals surface area contributed by atoms with Gasteiger partial charge in [0.25, 0.3) is 0 Å². The fourth-order valence-electron chi connectivity index (χ4n) is 6.39. The van der Waals surface area contributed by atoms with Gasteiger partial charge in [-0.2, -0.15) is 28.4 Å². The maximum atomic E-state index is 16.2. The zero-order valence-electron chi connectivity index (χ0n) is 22.4. The number of alkyl halides is 4. The molecular weight excluding hydrogens is 564 g/mol. The van der Waals surface area contributed by atoms with Gasteiger partial charge in [-0.1, -0.05) is 0 Å². The molecule has 5 heterocycles. The van der Waals surface area contributed by atoms with Crippen LogP contribution in [0, 0.1) is 23.0 Å². The van der Waals surface area contributed by atoms with Crippen molar-refractivity contribution in [3.8, 4) is 23.3 Å². The van der Waals surface area contributed by atoms with Gasteiger partial charge in [0.15, 0.2) is 5.82 Å². The lowest BCUT2D eigenvalue weighted by Crippen LogP contribution is -2.51. The van der Waals surface area contributed by atoms with Gasteiger partial charge in [-0.25, -0.2) is 13.2 Å². The molecule has 8 nitrogen and oxygen atoms in total.